The molecule has 0 saturated heterocycles. The van der Waals surface area contributed by atoms with E-state index in [1.807, 2.05) is 39.0 Å². The van der Waals surface area contributed by atoms with E-state index >= 15 is 0 Å². The summed E-state index contributed by atoms with van der Waals surface area (Å²) >= 11 is 0. The summed E-state index contributed by atoms with van der Waals surface area (Å²) in [5.74, 6) is 0.570. The maximum Gasteiger partial charge on any atom is 0.239 e. The van der Waals surface area contributed by atoms with Crippen LogP contribution in [0.4, 0.5) is 0 Å². The van der Waals surface area contributed by atoms with Crippen LogP contribution in [-0.2, 0) is 10.2 Å². The molecule has 5 heteroatoms. The van der Waals surface area contributed by atoms with Gasteiger partial charge in [-0.3, -0.25) is 9.79 Å². The van der Waals surface area contributed by atoms with Crippen LogP contribution in [0.25, 0.3) is 0 Å². The number of nitrogens with zero attached hydrogens (tertiary/aromatic N) is 1. The van der Waals surface area contributed by atoms with Gasteiger partial charge in [0.15, 0.2) is 5.96 Å². The minimum Gasteiger partial charge on any atom is -0.356 e. The molecule has 1 aromatic rings. The first-order chi connectivity index (χ1) is 10.6. The number of aliphatic imine (C=N–C) groups is 1. The Morgan fingerprint density at radius 2 is 1.65 bits per heavy atom. The zero-order chi connectivity index (χ0) is 17.5. The third-order valence-electron chi connectivity index (χ3n) is 3.41. The first-order valence-electron chi connectivity index (χ1n) is 7.95. The Balaban J connectivity index is 2.50. The molecule has 3 N–H and O–H groups in total. The minimum atomic E-state index is -0.231. The first-order valence-corrected chi connectivity index (χ1v) is 7.95. The number of hydrogen-bond acceptors (Lipinski definition) is 2. The van der Waals surface area contributed by atoms with Crippen molar-refractivity contribution in [1.82, 2.24) is 16.0 Å². The van der Waals surface area contributed by atoms with E-state index < -0.39 is 0 Å². The van der Waals surface area contributed by atoms with Gasteiger partial charge in [-0.05, 0) is 26.3 Å². The van der Waals surface area contributed by atoms with Gasteiger partial charge in [0.05, 0.1) is 6.54 Å². The zero-order valence-corrected chi connectivity index (χ0v) is 15.2. The molecule has 5 nitrogen and oxygen atoms in total. The number of hydrogen-bond donors (Lipinski definition) is 3. The Bertz CT molecular complexity index is 530. The molecule has 0 fully saturated rings. The van der Waals surface area contributed by atoms with E-state index in [9.17, 15) is 4.79 Å². The van der Waals surface area contributed by atoms with Crippen molar-refractivity contribution in [3.05, 3.63) is 35.9 Å². The normalized spacial score (nSPS) is 12.7. The second-order valence-corrected chi connectivity index (χ2v) is 7.33. The average Bonchev–Trinajstić information content (AvgIpc) is 2.46. The molecule has 128 valence electrons. The predicted octanol–water partition coefficient (Wildman–Crippen LogP) is 2.04. The number of nitrogens with one attached hydrogen (secondary N) is 3. The maximum absolute atomic E-state index is 11.8. The van der Waals surface area contributed by atoms with Gasteiger partial charge in [0, 0.05) is 24.5 Å². The fourth-order valence-electron chi connectivity index (χ4n) is 2.14. The molecule has 0 radical (unpaired) electrons. The van der Waals surface area contributed by atoms with Crippen molar-refractivity contribution in [2.24, 2.45) is 4.99 Å². The second-order valence-electron chi connectivity index (χ2n) is 7.33. The van der Waals surface area contributed by atoms with Gasteiger partial charge >= 0.3 is 0 Å². The lowest BCUT2D eigenvalue weighted by Crippen LogP contribution is -2.49. The summed E-state index contributed by atoms with van der Waals surface area (Å²) < 4.78 is 0. The van der Waals surface area contributed by atoms with Gasteiger partial charge in [0.25, 0.3) is 0 Å². The highest BCUT2D eigenvalue weighted by atomic mass is 16.2. The predicted molar refractivity (Wildman–Crippen MR) is 96.7 cm³/mol. The highest BCUT2D eigenvalue weighted by molar-refractivity contribution is 5.86. The molecule has 0 aliphatic rings. The molecule has 0 aliphatic carbocycles. The van der Waals surface area contributed by atoms with Crippen LogP contribution in [0.5, 0.6) is 0 Å². The Hall–Kier alpha value is -2.04. The molecular formula is C18H30N4O. The molecule has 0 unspecified atom stereocenters. The van der Waals surface area contributed by atoms with Crippen molar-refractivity contribution >= 4 is 11.9 Å². The summed E-state index contributed by atoms with van der Waals surface area (Å²) in [4.78, 5) is 16.0. The Labute approximate surface area is 140 Å². The van der Waals surface area contributed by atoms with Gasteiger partial charge in [-0.1, -0.05) is 44.2 Å². The Morgan fingerprint density at radius 1 is 1.04 bits per heavy atom. The summed E-state index contributed by atoms with van der Waals surface area (Å²) in [5.41, 5.74) is 0.991. The van der Waals surface area contributed by atoms with Gasteiger partial charge < -0.3 is 16.0 Å². The lowest BCUT2D eigenvalue weighted by atomic mass is 9.85. The number of carbonyl (C=O) groups excluding carboxylic acids is 1. The molecule has 1 rings (SSSR count). The van der Waals surface area contributed by atoms with Gasteiger partial charge in [-0.15, -0.1) is 0 Å². The van der Waals surface area contributed by atoms with E-state index in [-0.39, 0.29) is 23.4 Å². The standard InChI is InChI=1S/C18H30N4O/c1-17(2,3)22-15(23)12-20-16(19-6)21-13-18(4,5)14-10-8-7-9-11-14/h7-11H,12-13H2,1-6H3,(H,22,23)(H2,19,20,21). The van der Waals surface area contributed by atoms with Crippen LogP contribution in [0.15, 0.2) is 35.3 Å². The topological polar surface area (TPSA) is 65.5 Å². The monoisotopic (exact) mass is 318 g/mol. The van der Waals surface area contributed by atoms with Crippen LogP contribution in [0.2, 0.25) is 0 Å². The summed E-state index contributed by atoms with van der Waals surface area (Å²) in [6.07, 6.45) is 0. The average molecular weight is 318 g/mol. The zero-order valence-electron chi connectivity index (χ0n) is 15.2. The number of carbonyl (C=O) groups is 1. The highest BCUT2D eigenvalue weighted by Gasteiger charge is 2.20. The van der Waals surface area contributed by atoms with E-state index in [0.29, 0.717) is 5.96 Å². The quantitative estimate of drug-likeness (QED) is 0.575. The molecule has 0 heterocycles. The van der Waals surface area contributed by atoms with E-state index in [1.165, 1.54) is 5.56 Å². The number of benzene rings is 1. The van der Waals surface area contributed by atoms with E-state index in [0.717, 1.165) is 6.54 Å². The Kier molecular flexibility index (Phi) is 6.61. The third-order valence-corrected chi connectivity index (χ3v) is 3.41. The van der Waals surface area contributed by atoms with Crippen molar-refractivity contribution in [1.29, 1.82) is 0 Å². The van der Waals surface area contributed by atoms with Gasteiger partial charge in [-0.25, -0.2) is 0 Å². The van der Waals surface area contributed by atoms with Crippen molar-refractivity contribution in [3.8, 4) is 0 Å². The van der Waals surface area contributed by atoms with Crippen LogP contribution >= 0.6 is 0 Å². The summed E-state index contributed by atoms with van der Waals surface area (Å²) in [5, 5.41) is 9.24. The molecular weight excluding hydrogens is 288 g/mol. The summed E-state index contributed by atoms with van der Waals surface area (Å²) in [6.45, 7) is 11.1. The fourth-order valence-corrected chi connectivity index (χ4v) is 2.14. The molecule has 1 aromatic carbocycles. The molecule has 0 aliphatic heterocycles. The molecule has 0 saturated carbocycles. The molecule has 0 aromatic heterocycles. The van der Waals surface area contributed by atoms with Crippen molar-refractivity contribution in [2.45, 2.75) is 45.6 Å². The number of guanidine groups is 1. The van der Waals surface area contributed by atoms with Gasteiger partial charge in [0.1, 0.15) is 0 Å². The largest absolute Gasteiger partial charge is 0.356 e. The smallest absolute Gasteiger partial charge is 0.239 e. The number of rotatable bonds is 5. The van der Waals surface area contributed by atoms with Crippen LogP contribution in [-0.4, -0.2) is 37.5 Å². The lowest BCUT2D eigenvalue weighted by Gasteiger charge is -2.27. The van der Waals surface area contributed by atoms with Crippen molar-refractivity contribution in [3.63, 3.8) is 0 Å². The minimum absolute atomic E-state index is 0.0352. The highest BCUT2D eigenvalue weighted by Crippen LogP contribution is 2.21. The van der Waals surface area contributed by atoms with Gasteiger partial charge in [-0.2, -0.15) is 0 Å². The summed E-state index contributed by atoms with van der Waals surface area (Å²) in [6, 6.07) is 10.3. The van der Waals surface area contributed by atoms with Gasteiger partial charge in [0.2, 0.25) is 5.91 Å². The molecule has 23 heavy (non-hydrogen) atoms. The number of amides is 1. The molecule has 0 spiro atoms. The van der Waals surface area contributed by atoms with E-state index in [4.69, 9.17) is 0 Å². The van der Waals surface area contributed by atoms with E-state index in [2.05, 4.69) is 46.9 Å². The lowest BCUT2D eigenvalue weighted by molar-refractivity contribution is -0.121. The van der Waals surface area contributed by atoms with Crippen molar-refractivity contribution in [2.75, 3.05) is 20.1 Å². The molecule has 0 atom stereocenters. The van der Waals surface area contributed by atoms with E-state index in [1.54, 1.807) is 7.05 Å². The van der Waals surface area contributed by atoms with Crippen LogP contribution in [0.3, 0.4) is 0 Å². The Morgan fingerprint density at radius 3 is 2.17 bits per heavy atom. The molecule has 1 amide bonds. The second kappa shape index (κ2) is 7.99. The van der Waals surface area contributed by atoms with Crippen molar-refractivity contribution < 1.29 is 4.79 Å². The molecule has 0 bridgehead atoms. The fraction of sp³-hybridized carbons (Fsp3) is 0.556. The SMILES string of the molecule is CN=C(NCC(=O)NC(C)(C)C)NCC(C)(C)c1ccccc1. The maximum atomic E-state index is 11.8. The third kappa shape index (κ3) is 7.17. The first kappa shape index (κ1) is 19.0. The van der Waals surface area contributed by atoms with Crippen LogP contribution in [0, 0.1) is 0 Å². The summed E-state index contributed by atoms with van der Waals surface area (Å²) in [7, 11) is 1.70. The van der Waals surface area contributed by atoms with Crippen LogP contribution in [0.1, 0.15) is 40.2 Å². The van der Waals surface area contributed by atoms with Crippen LogP contribution < -0.4 is 16.0 Å².